The highest BCUT2D eigenvalue weighted by atomic mass is 32.2. The molecule has 1 N–H and O–H groups in total. The second-order valence-corrected chi connectivity index (χ2v) is 7.81. The predicted molar refractivity (Wildman–Crippen MR) is 74.6 cm³/mol. The van der Waals surface area contributed by atoms with Gasteiger partial charge in [-0.1, -0.05) is 19.8 Å². The molecule has 100 valence electrons. The first kappa shape index (κ1) is 13.5. The van der Waals surface area contributed by atoms with Gasteiger partial charge in [-0.2, -0.15) is 0 Å². The van der Waals surface area contributed by atoms with Crippen molar-refractivity contribution in [2.75, 3.05) is 12.8 Å². The van der Waals surface area contributed by atoms with Crippen molar-refractivity contribution < 1.29 is 4.21 Å². The highest BCUT2D eigenvalue weighted by Gasteiger charge is 2.34. The third kappa shape index (κ3) is 4.36. The third-order valence-electron chi connectivity index (χ3n) is 4.55. The topological polar surface area (TPSA) is 29.1 Å². The first-order valence-corrected chi connectivity index (χ1v) is 8.84. The zero-order chi connectivity index (χ0) is 12.3. The fraction of sp³-hybridized carbons (Fsp3) is 1.00. The van der Waals surface area contributed by atoms with E-state index in [4.69, 9.17) is 0 Å². The Kier molecular flexibility index (Phi) is 5.04. The predicted octanol–water partition coefficient (Wildman–Crippen LogP) is 2.70. The van der Waals surface area contributed by atoms with Crippen molar-refractivity contribution in [3.63, 3.8) is 0 Å². The van der Waals surface area contributed by atoms with E-state index in [9.17, 15) is 4.21 Å². The van der Waals surface area contributed by atoms with Gasteiger partial charge in [-0.05, 0) is 50.5 Å². The van der Waals surface area contributed by atoms with Crippen LogP contribution in [0.15, 0.2) is 0 Å². The van der Waals surface area contributed by atoms with Crippen LogP contribution in [0.4, 0.5) is 0 Å². The first-order chi connectivity index (χ1) is 8.16. The van der Waals surface area contributed by atoms with E-state index in [1.807, 2.05) is 6.26 Å². The highest BCUT2D eigenvalue weighted by Crippen LogP contribution is 2.43. The second-order valence-electron chi connectivity index (χ2n) is 6.01. The summed E-state index contributed by atoms with van der Waals surface area (Å²) in [6.45, 7) is 3.13. The summed E-state index contributed by atoms with van der Waals surface area (Å²) in [4.78, 5) is 0. The van der Waals surface area contributed by atoms with Gasteiger partial charge in [0.2, 0.25) is 0 Å². The molecule has 0 spiro atoms. The van der Waals surface area contributed by atoms with Crippen molar-refractivity contribution in [2.24, 2.45) is 11.8 Å². The van der Waals surface area contributed by atoms with Crippen LogP contribution in [0.25, 0.3) is 0 Å². The van der Waals surface area contributed by atoms with E-state index < -0.39 is 10.8 Å². The molecule has 2 nitrogen and oxygen atoms in total. The van der Waals surface area contributed by atoms with Crippen LogP contribution in [0.2, 0.25) is 0 Å². The van der Waals surface area contributed by atoms with Gasteiger partial charge in [0.1, 0.15) is 0 Å². The van der Waals surface area contributed by atoms with E-state index in [1.165, 1.54) is 38.5 Å². The van der Waals surface area contributed by atoms with Gasteiger partial charge in [0.25, 0.3) is 0 Å². The summed E-state index contributed by atoms with van der Waals surface area (Å²) < 4.78 is 11.3. The lowest BCUT2D eigenvalue weighted by Crippen LogP contribution is -2.36. The highest BCUT2D eigenvalue weighted by molar-refractivity contribution is 7.84. The van der Waals surface area contributed by atoms with Gasteiger partial charge in [-0.25, -0.2) is 0 Å². The lowest BCUT2D eigenvalue weighted by Gasteiger charge is -2.30. The van der Waals surface area contributed by atoms with Crippen LogP contribution in [-0.2, 0) is 10.8 Å². The molecular weight excluding hydrogens is 230 g/mol. The molecule has 0 amide bonds. The maximum absolute atomic E-state index is 11.3. The molecule has 0 saturated heterocycles. The Bertz CT molecular complexity index is 265. The van der Waals surface area contributed by atoms with Crippen LogP contribution in [0.5, 0.6) is 0 Å². The van der Waals surface area contributed by atoms with Crippen LogP contribution < -0.4 is 5.32 Å². The van der Waals surface area contributed by atoms with Gasteiger partial charge >= 0.3 is 0 Å². The largest absolute Gasteiger partial charge is 0.314 e. The molecule has 0 heterocycles. The Morgan fingerprint density at radius 1 is 1.24 bits per heavy atom. The molecule has 0 aliphatic heterocycles. The molecule has 0 radical (unpaired) electrons. The van der Waals surface area contributed by atoms with E-state index in [1.54, 1.807) is 0 Å². The van der Waals surface area contributed by atoms with E-state index in [2.05, 4.69) is 12.2 Å². The van der Waals surface area contributed by atoms with Gasteiger partial charge in [-0.3, -0.25) is 4.21 Å². The van der Waals surface area contributed by atoms with E-state index in [0.29, 0.717) is 5.25 Å². The molecule has 17 heavy (non-hydrogen) atoms. The number of hydrogen-bond donors (Lipinski definition) is 1. The molecule has 0 aromatic rings. The van der Waals surface area contributed by atoms with Crippen molar-refractivity contribution >= 4 is 10.8 Å². The lowest BCUT2D eigenvalue weighted by atomic mass is 9.83. The minimum absolute atomic E-state index is 0.338. The van der Waals surface area contributed by atoms with Crippen LogP contribution in [0.1, 0.15) is 51.9 Å². The first-order valence-electron chi connectivity index (χ1n) is 7.22. The third-order valence-corrected chi connectivity index (χ3v) is 5.92. The molecule has 3 heteroatoms. The summed E-state index contributed by atoms with van der Waals surface area (Å²) in [6, 6.07) is 0.742. The Morgan fingerprint density at radius 2 is 2.00 bits per heavy atom. The fourth-order valence-electron chi connectivity index (χ4n) is 3.07. The van der Waals surface area contributed by atoms with Gasteiger partial charge in [0.05, 0.1) is 0 Å². The average Bonchev–Trinajstić information content (AvgIpc) is 3.13. The second kappa shape index (κ2) is 6.33. The standard InChI is InChI=1S/C14H27NOS/c1-11(17(2)16)8-9-15-14-5-3-4-13(10-14)12-6-7-12/h11-15H,3-10H2,1-2H3. The van der Waals surface area contributed by atoms with Crippen LogP contribution in [0, 0.1) is 11.8 Å². The molecule has 0 aromatic heterocycles. The Balaban J connectivity index is 1.63. The zero-order valence-corrected chi connectivity index (χ0v) is 12.1. The lowest BCUT2D eigenvalue weighted by molar-refractivity contribution is 0.261. The van der Waals surface area contributed by atoms with Gasteiger partial charge in [-0.15, -0.1) is 0 Å². The summed E-state index contributed by atoms with van der Waals surface area (Å²) in [6.07, 6.45) is 11.5. The maximum Gasteiger partial charge on any atom is 0.0329 e. The van der Waals surface area contributed by atoms with Gasteiger partial charge < -0.3 is 5.32 Å². The van der Waals surface area contributed by atoms with Crippen molar-refractivity contribution in [1.82, 2.24) is 5.32 Å². The molecule has 2 rings (SSSR count). The summed E-state index contributed by atoms with van der Waals surface area (Å²) >= 11 is 0. The molecular formula is C14H27NOS. The fourth-order valence-corrected chi connectivity index (χ4v) is 3.52. The van der Waals surface area contributed by atoms with Crippen molar-refractivity contribution in [1.29, 1.82) is 0 Å². The van der Waals surface area contributed by atoms with E-state index >= 15 is 0 Å². The Hall–Kier alpha value is 0.110. The zero-order valence-electron chi connectivity index (χ0n) is 11.3. The minimum Gasteiger partial charge on any atom is -0.314 e. The number of rotatable bonds is 6. The van der Waals surface area contributed by atoms with Crippen molar-refractivity contribution in [3.8, 4) is 0 Å². The molecule has 2 aliphatic carbocycles. The Morgan fingerprint density at radius 3 is 2.65 bits per heavy atom. The molecule has 0 bridgehead atoms. The molecule has 2 fully saturated rings. The number of hydrogen-bond acceptors (Lipinski definition) is 2. The van der Waals surface area contributed by atoms with E-state index in [0.717, 1.165) is 30.8 Å². The summed E-state index contributed by atoms with van der Waals surface area (Å²) in [5.41, 5.74) is 0. The van der Waals surface area contributed by atoms with Gasteiger partial charge in [0, 0.05) is 28.3 Å². The van der Waals surface area contributed by atoms with E-state index in [-0.39, 0.29) is 0 Å². The smallest absolute Gasteiger partial charge is 0.0329 e. The SMILES string of the molecule is CC(CCNC1CCCC(C2CC2)C1)S(C)=O. The molecule has 4 atom stereocenters. The normalized spacial score (nSPS) is 33.3. The summed E-state index contributed by atoms with van der Waals surface area (Å²) in [5.74, 6) is 2.08. The average molecular weight is 257 g/mol. The molecule has 2 saturated carbocycles. The quantitative estimate of drug-likeness (QED) is 0.792. The number of nitrogens with one attached hydrogen (secondary N) is 1. The summed E-state index contributed by atoms with van der Waals surface area (Å²) in [7, 11) is -0.661. The molecule has 0 aromatic carbocycles. The van der Waals surface area contributed by atoms with Crippen LogP contribution in [0.3, 0.4) is 0 Å². The summed E-state index contributed by atoms with van der Waals surface area (Å²) in [5, 5.41) is 4.02. The maximum atomic E-state index is 11.3. The monoisotopic (exact) mass is 257 g/mol. The Labute approximate surface area is 108 Å². The van der Waals surface area contributed by atoms with Crippen molar-refractivity contribution in [2.45, 2.75) is 63.2 Å². The molecule has 4 unspecified atom stereocenters. The molecule has 2 aliphatic rings. The van der Waals surface area contributed by atoms with Gasteiger partial charge in [0.15, 0.2) is 0 Å². The van der Waals surface area contributed by atoms with Crippen molar-refractivity contribution in [3.05, 3.63) is 0 Å². The minimum atomic E-state index is -0.661. The van der Waals surface area contributed by atoms with Crippen LogP contribution >= 0.6 is 0 Å². The van der Waals surface area contributed by atoms with Crippen LogP contribution in [-0.4, -0.2) is 28.3 Å².